The number of amidine groups is 1. The molecule has 144 valence electrons. The Labute approximate surface area is 164 Å². The van der Waals surface area contributed by atoms with E-state index in [-0.39, 0.29) is 35.8 Å². The fraction of sp³-hybridized carbons (Fsp3) is 0.158. The molecule has 7 nitrogen and oxygen atoms in total. The largest absolute Gasteiger partial charge is 0.378 e. The predicted octanol–water partition coefficient (Wildman–Crippen LogP) is 2.04. The smallest absolute Gasteiger partial charge is 0.262 e. The number of hydrogen-bond donors (Lipinski definition) is 3. The molecule has 0 unspecified atom stereocenters. The fourth-order valence-corrected chi connectivity index (χ4v) is 3.33. The minimum absolute atomic E-state index is 0.0341. The molecule has 1 heterocycles. The Bertz CT molecular complexity index is 929. The van der Waals surface area contributed by atoms with Crippen LogP contribution in [0.25, 0.3) is 0 Å². The molecule has 0 saturated heterocycles. The van der Waals surface area contributed by atoms with E-state index in [2.05, 4.69) is 15.6 Å². The van der Waals surface area contributed by atoms with Gasteiger partial charge in [0.25, 0.3) is 11.8 Å². The van der Waals surface area contributed by atoms with Crippen molar-refractivity contribution in [2.75, 3.05) is 5.32 Å². The standard InChI is InChI=1S/C19H17FN4O3S/c20-13-5-1-11(2-6-13)10-22-17(26)12-3-7-14(8-4-12)23-16(25)9-15-18(27)24-19(21)28-15/h1-8,15H,9-10H2,(H,22,26)(H,23,25)(H2,21,24,27)/t15-/m1/s1. The van der Waals surface area contributed by atoms with E-state index in [1.54, 1.807) is 36.4 Å². The van der Waals surface area contributed by atoms with E-state index in [1.807, 2.05) is 0 Å². The Morgan fingerprint density at radius 3 is 2.39 bits per heavy atom. The van der Waals surface area contributed by atoms with Crippen LogP contribution in [0.2, 0.25) is 0 Å². The highest BCUT2D eigenvalue weighted by atomic mass is 32.2. The van der Waals surface area contributed by atoms with Gasteiger partial charge in [0.2, 0.25) is 5.91 Å². The highest BCUT2D eigenvalue weighted by molar-refractivity contribution is 8.15. The summed E-state index contributed by atoms with van der Waals surface area (Å²) in [6, 6.07) is 12.2. The molecule has 0 spiro atoms. The first-order valence-corrected chi connectivity index (χ1v) is 9.26. The van der Waals surface area contributed by atoms with Gasteiger partial charge in [0.15, 0.2) is 5.17 Å². The van der Waals surface area contributed by atoms with E-state index < -0.39 is 11.2 Å². The average Bonchev–Trinajstić information content (AvgIpc) is 2.98. The van der Waals surface area contributed by atoms with Crippen LogP contribution in [0.4, 0.5) is 10.1 Å². The van der Waals surface area contributed by atoms with Gasteiger partial charge in [0, 0.05) is 24.2 Å². The maximum Gasteiger partial charge on any atom is 0.262 e. The quantitative estimate of drug-likeness (QED) is 0.687. The second-order valence-corrected chi connectivity index (χ2v) is 7.26. The van der Waals surface area contributed by atoms with Gasteiger partial charge in [-0.3, -0.25) is 14.4 Å². The van der Waals surface area contributed by atoms with E-state index >= 15 is 0 Å². The van der Waals surface area contributed by atoms with E-state index in [9.17, 15) is 18.8 Å². The number of anilines is 1. The molecular formula is C19H17FN4O3S. The van der Waals surface area contributed by atoms with Crippen LogP contribution in [0.1, 0.15) is 22.3 Å². The number of carbonyl (C=O) groups excluding carboxylic acids is 3. The topological polar surface area (TPSA) is 114 Å². The molecular weight excluding hydrogens is 383 g/mol. The summed E-state index contributed by atoms with van der Waals surface area (Å²) in [6.07, 6.45) is -0.0341. The Morgan fingerprint density at radius 1 is 1.11 bits per heavy atom. The van der Waals surface area contributed by atoms with E-state index in [0.717, 1.165) is 17.3 Å². The minimum atomic E-state index is -0.600. The molecule has 0 saturated carbocycles. The zero-order chi connectivity index (χ0) is 20.1. The molecule has 0 radical (unpaired) electrons. The number of amides is 3. The second-order valence-electron chi connectivity index (χ2n) is 6.03. The Kier molecular flexibility index (Phi) is 6.05. The maximum atomic E-state index is 12.9. The molecule has 0 bridgehead atoms. The van der Waals surface area contributed by atoms with Crippen LogP contribution in [-0.4, -0.2) is 28.1 Å². The summed E-state index contributed by atoms with van der Waals surface area (Å²) < 4.78 is 12.9. The summed E-state index contributed by atoms with van der Waals surface area (Å²) in [6.45, 7) is 0.274. The normalized spacial score (nSPS) is 15.8. The average molecular weight is 400 g/mol. The van der Waals surface area contributed by atoms with Gasteiger partial charge in [0.1, 0.15) is 11.1 Å². The highest BCUT2D eigenvalue weighted by Crippen LogP contribution is 2.23. The molecule has 0 aromatic heterocycles. The molecule has 3 amide bonds. The number of carbonyl (C=O) groups is 3. The molecule has 9 heteroatoms. The number of rotatable bonds is 6. The second kappa shape index (κ2) is 8.66. The zero-order valence-electron chi connectivity index (χ0n) is 14.6. The van der Waals surface area contributed by atoms with Gasteiger partial charge in [-0.25, -0.2) is 4.39 Å². The van der Waals surface area contributed by atoms with Crippen molar-refractivity contribution in [1.82, 2.24) is 5.32 Å². The minimum Gasteiger partial charge on any atom is -0.378 e. The highest BCUT2D eigenvalue weighted by Gasteiger charge is 2.29. The number of thioether (sulfide) groups is 1. The summed E-state index contributed by atoms with van der Waals surface area (Å²) in [5, 5.41) is 4.97. The van der Waals surface area contributed by atoms with Crippen molar-refractivity contribution in [2.45, 2.75) is 18.2 Å². The molecule has 28 heavy (non-hydrogen) atoms. The Balaban J connectivity index is 1.50. The third kappa shape index (κ3) is 5.17. The van der Waals surface area contributed by atoms with Crippen molar-refractivity contribution in [1.29, 1.82) is 0 Å². The van der Waals surface area contributed by atoms with E-state index in [0.29, 0.717) is 11.3 Å². The summed E-state index contributed by atoms with van der Waals surface area (Å²) in [5.74, 6) is -1.38. The van der Waals surface area contributed by atoms with Gasteiger partial charge in [-0.15, -0.1) is 0 Å². The molecule has 1 aliphatic heterocycles. The number of hydrogen-bond acceptors (Lipinski definition) is 5. The van der Waals surface area contributed by atoms with Crippen LogP contribution in [0.15, 0.2) is 53.5 Å². The third-order valence-corrected chi connectivity index (χ3v) is 4.91. The number of halogens is 1. The monoisotopic (exact) mass is 400 g/mol. The van der Waals surface area contributed by atoms with Crippen molar-refractivity contribution < 1.29 is 18.8 Å². The molecule has 0 aliphatic carbocycles. The SMILES string of the molecule is NC1=NC(=O)[C@@H](CC(=O)Nc2ccc(C(=O)NCc3ccc(F)cc3)cc2)S1. The lowest BCUT2D eigenvalue weighted by Crippen LogP contribution is -2.23. The first kappa shape index (κ1) is 19.6. The van der Waals surface area contributed by atoms with Crippen LogP contribution >= 0.6 is 11.8 Å². The number of benzene rings is 2. The fourth-order valence-electron chi connectivity index (χ4n) is 2.50. The van der Waals surface area contributed by atoms with Gasteiger partial charge < -0.3 is 16.4 Å². The van der Waals surface area contributed by atoms with Gasteiger partial charge in [-0.2, -0.15) is 4.99 Å². The molecule has 2 aromatic carbocycles. The predicted molar refractivity (Wildman–Crippen MR) is 105 cm³/mol. The Morgan fingerprint density at radius 2 is 1.79 bits per heavy atom. The van der Waals surface area contributed by atoms with Crippen LogP contribution < -0.4 is 16.4 Å². The van der Waals surface area contributed by atoms with Gasteiger partial charge in [-0.1, -0.05) is 23.9 Å². The van der Waals surface area contributed by atoms with E-state index in [4.69, 9.17) is 5.73 Å². The molecule has 4 N–H and O–H groups in total. The van der Waals surface area contributed by atoms with Crippen LogP contribution in [0, 0.1) is 5.82 Å². The van der Waals surface area contributed by atoms with Crippen molar-refractivity contribution >= 4 is 40.3 Å². The number of nitrogens with zero attached hydrogens (tertiary/aromatic N) is 1. The van der Waals surface area contributed by atoms with Gasteiger partial charge in [0.05, 0.1) is 0 Å². The number of aliphatic imine (C=N–C) groups is 1. The van der Waals surface area contributed by atoms with Crippen LogP contribution in [0.5, 0.6) is 0 Å². The van der Waals surface area contributed by atoms with Crippen molar-refractivity contribution in [3.63, 3.8) is 0 Å². The number of nitrogens with one attached hydrogen (secondary N) is 2. The van der Waals surface area contributed by atoms with Gasteiger partial charge >= 0.3 is 0 Å². The van der Waals surface area contributed by atoms with Gasteiger partial charge in [-0.05, 0) is 42.0 Å². The van der Waals surface area contributed by atoms with Crippen molar-refractivity contribution in [3.8, 4) is 0 Å². The molecule has 1 atom stereocenters. The lowest BCUT2D eigenvalue weighted by Gasteiger charge is -2.09. The Hall–Kier alpha value is -3.20. The maximum absolute atomic E-state index is 12.9. The lowest BCUT2D eigenvalue weighted by molar-refractivity contribution is -0.121. The van der Waals surface area contributed by atoms with Crippen LogP contribution in [-0.2, 0) is 16.1 Å². The first-order chi connectivity index (χ1) is 13.4. The lowest BCUT2D eigenvalue weighted by atomic mass is 10.1. The van der Waals surface area contributed by atoms with E-state index in [1.165, 1.54) is 12.1 Å². The molecule has 3 rings (SSSR count). The summed E-state index contributed by atoms with van der Waals surface area (Å²) in [7, 11) is 0. The summed E-state index contributed by atoms with van der Waals surface area (Å²) in [5.41, 5.74) is 7.17. The summed E-state index contributed by atoms with van der Waals surface area (Å²) >= 11 is 1.07. The summed E-state index contributed by atoms with van der Waals surface area (Å²) in [4.78, 5) is 39.3. The zero-order valence-corrected chi connectivity index (χ0v) is 15.5. The molecule has 2 aromatic rings. The van der Waals surface area contributed by atoms with Crippen molar-refractivity contribution in [3.05, 3.63) is 65.5 Å². The number of nitrogens with two attached hydrogens (primary N) is 1. The van der Waals surface area contributed by atoms with Crippen LogP contribution in [0.3, 0.4) is 0 Å². The molecule has 0 fully saturated rings. The van der Waals surface area contributed by atoms with Crippen molar-refractivity contribution in [2.24, 2.45) is 10.7 Å². The first-order valence-electron chi connectivity index (χ1n) is 8.38. The third-order valence-electron chi connectivity index (χ3n) is 3.93. The molecule has 1 aliphatic rings.